The Balaban J connectivity index is 0.000000885. The van der Waals surface area contributed by atoms with Crippen molar-refractivity contribution in [1.82, 2.24) is 4.90 Å². The Morgan fingerprint density at radius 3 is 2.52 bits per heavy atom. The van der Waals surface area contributed by atoms with Gasteiger partial charge in [0.15, 0.2) is 0 Å². The first-order valence-electron chi connectivity index (χ1n) is 6.73. The SMILES string of the molecule is CC(=O)O.CCC1=NOC(CN(CCOC)CC(=O)O)C1. The van der Waals surface area contributed by atoms with E-state index < -0.39 is 11.9 Å². The van der Waals surface area contributed by atoms with Gasteiger partial charge in [0.25, 0.3) is 5.97 Å². The standard InChI is InChI=1S/C11H20N2O4.C2H4O2/c1-3-9-6-10(17-12-9)7-13(4-5-16-2)8-11(14)15;1-2(3)4/h10H,3-8H2,1-2H3,(H,14,15);1H3,(H,3,4). The van der Waals surface area contributed by atoms with Crippen LogP contribution in [0.4, 0.5) is 0 Å². The molecule has 1 atom stereocenters. The molecule has 0 aromatic carbocycles. The Morgan fingerprint density at radius 1 is 1.48 bits per heavy atom. The van der Waals surface area contributed by atoms with Gasteiger partial charge < -0.3 is 19.8 Å². The molecule has 0 bridgehead atoms. The second-order valence-corrected chi connectivity index (χ2v) is 4.58. The maximum absolute atomic E-state index is 10.7. The summed E-state index contributed by atoms with van der Waals surface area (Å²) in [7, 11) is 1.60. The fourth-order valence-electron chi connectivity index (χ4n) is 1.73. The number of nitrogens with zero attached hydrogens (tertiary/aromatic N) is 2. The van der Waals surface area contributed by atoms with Gasteiger partial charge in [-0.25, -0.2) is 0 Å². The number of rotatable bonds is 8. The second-order valence-electron chi connectivity index (χ2n) is 4.58. The molecule has 0 aromatic rings. The van der Waals surface area contributed by atoms with Crippen LogP contribution in [-0.4, -0.2) is 72.2 Å². The number of carboxylic acids is 2. The number of hydrogen-bond acceptors (Lipinski definition) is 6. The molecule has 1 aliphatic heterocycles. The maximum atomic E-state index is 10.7. The van der Waals surface area contributed by atoms with Crippen molar-refractivity contribution >= 4 is 17.7 Å². The smallest absolute Gasteiger partial charge is 0.317 e. The second kappa shape index (κ2) is 11.0. The van der Waals surface area contributed by atoms with Crippen molar-refractivity contribution in [3.05, 3.63) is 0 Å². The van der Waals surface area contributed by atoms with Crippen molar-refractivity contribution < 1.29 is 29.4 Å². The van der Waals surface area contributed by atoms with E-state index >= 15 is 0 Å². The first kappa shape index (κ1) is 19.3. The summed E-state index contributed by atoms with van der Waals surface area (Å²) in [5.41, 5.74) is 1.04. The molecule has 1 heterocycles. The van der Waals surface area contributed by atoms with Crippen LogP contribution in [0, 0.1) is 0 Å². The molecular formula is C13H24N2O6. The van der Waals surface area contributed by atoms with E-state index in [1.165, 1.54) is 0 Å². The van der Waals surface area contributed by atoms with Crippen molar-refractivity contribution in [3.63, 3.8) is 0 Å². The molecule has 0 aliphatic carbocycles. The summed E-state index contributed by atoms with van der Waals surface area (Å²) in [6.07, 6.45) is 1.65. The summed E-state index contributed by atoms with van der Waals surface area (Å²) in [6, 6.07) is 0. The van der Waals surface area contributed by atoms with Crippen LogP contribution in [0.15, 0.2) is 5.16 Å². The fraction of sp³-hybridized carbons (Fsp3) is 0.769. The molecule has 0 spiro atoms. The van der Waals surface area contributed by atoms with E-state index in [9.17, 15) is 4.79 Å². The van der Waals surface area contributed by atoms with Crippen molar-refractivity contribution in [1.29, 1.82) is 0 Å². The molecule has 1 unspecified atom stereocenters. The van der Waals surface area contributed by atoms with Crippen LogP contribution < -0.4 is 0 Å². The summed E-state index contributed by atoms with van der Waals surface area (Å²) in [6.45, 7) is 4.80. The summed E-state index contributed by atoms with van der Waals surface area (Å²) in [5, 5.41) is 20.2. The number of methoxy groups -OCH3 is 1. The predicted molar refractivity (Wildman–Crippen MR) is 76.5 cm³/mol. The van der Waals surface area contributed by atoms with Gasteiger partial charge in [0.2, 0.25) is 0 Å². The lowest BCUT2D eigenvalue weighted by molar-refractivity contribution is -0.139. The summed E-state index contributed by atoms with van der Waals surface area (Å²) in [5.74, 6) is -1.67. The minimum atomic E-state index is -0.837. The Kier molecular flexibility index (Phi) is 10.2. The van der Waals surface area contributed by atoms with Crippen LogP contribution in [0.3, 0.4) is 0 Å². The zero-order valence-electron chi connectivity index (χ0n) is 12.7. The molecule has 2 N–H and O–H groups in total. The van der Waals surface area contributed by atoms with Gasteiger partial charge in [-0.3, -0.25) is 14.5 Å². The minimum Gasteiger partial charge on any atom is -0.481 e. The van der Waals surface area contributed by atoms with Gasteiger partial charge in [0.05, 0.1) is 18.9 Å². The third-order valence-electron chi connectivity index (χ3n) is 2.63. The van der Waals surface area contributed by atoms with Crippen LogP contribution >= 0.6 is 0 Å². The van der Waals surface area contributed by atoms with E-state index in [0.29, 0.717) is 19.7 Å². The largest absolute Gasteiger partial charge is 0.481 e. The molecule has 21 heavy (non-hydrogen) atoms. The number of carboxylic acid groups (broad SMARTS) is 2. The van der Waals surface area contributed by atoms with Gasteiger partial charge in [-0.15, -0.1) is 0 Å². The Hall–Kier alpha value is -1.67. The van der Waals surface area contributed by atoms with Crippen molar-refractivity contribution in [2.45, 2.75) is 32.8 Å². The molecule has 0 saturated carbocycles. The van der Waals surface area contributed by atoms with Crippen LogP contribution in [-0.2, 0) is 19.2 Å². The summed E-state index contributed by atoms with van der Waals surface area (Å²) in [4.78, 5) is 26.8. The zero-order chi connectivity index (χ0) is 16.3. The van der Waals surface area contributed by atoms with Gasteiger partial charge in [-0.2, -0.15) is 0 Å². The van der Waals surface area contributed by atoms with E-state index in [1.54, 1.807) is 7.11 Å². The van der Waals surface area contributed by atoms with Gasteiger partial charge in [-0.1, -0.05) is 12.1 Å². The number of aliphatic carboxylic acids is 2. The Labute approximate surface area is 124 Å². The Bertz CT molecular complexity index is 355. The van der Waals surface area contributed by atoms with Gasteiger partial charge in [0.1, 0.15) is 6.10 Å². The number of ether oxygens (including phenoxy) is 1. The monoisotopic (exact) mass is 304 g/mol. The lowest BCUT2D eigenvalue weighted by Crippen LogP contribution is -2.38. The average molecular weight is 304 g/mol. The molecule has 1 rings (SSSR count). The van der Waals surface area contributed by atoms with E-state index in [1.807, 2.05) is 11.8 Å². The van der Waals surface area contributed by atoms with Crippen molar-refractivity contribution in [3.8, 4) is 0 Å². The molecule has 0 radical (unpaired) electrons. The molecule has 0 fully saturated rings. The third kappa shape index (κ3) is 10.7. The van der Waals surface area contributed by atoms with E-state index in [2.05, 4.69) is 5.16 Å². The number of hydrogen-bond donors (Lipinski definition) is 2. The molecule has 8 nitrogen and oxygen atoms in total. The lowest BCUT2D eigenvalue weighted by atomic mass is 10.1. The third-order valence-corrected chi connectivity index (χ3v) is 2.63. The van der Waals surface area contributed by atoms with Crippen LogP contribution in [0.25, 0.3) is 0 Å². The van der Waals surface area contributed by atoms with E-state index in [4.69, 9.17) is 24.6 Å². The highest BCUT2D eigenvalue weighted by Gasteiger charge is 2.23. The van der Waals surface area contributed by atoms with Crippen LogP contribution in [0.5, 0.6) is 0 Å². The van der Waals surface area contributed by atoms with Gasteiger partial charge in [-0.05, 0) is 6.42 Å². The molecule has 0 amide bonds. The molecule has 0 saturated heterocycles. The predicted octanol–water partition coefficient (Wildman–Crippen LogP) is 0.665. The van der Waals surface area contributed by atoms with Gasteiger partial charge >= 0.3 is 5.97 Å². The van der Waals surface area contributed by atoms with Crippen LogP contribution in [0.1, 0.15) is 26.7 Å². The fourth-order valence-corrected chi connectivity index (χ4v) is 1.73. The highest BCUT2D eigenvalue weighted by atomic mass is 16.6. The first-order valence-corrected chi connectivity index (χ1v) is 6.73. The topological polar surface area (TPSA) is 109 Å². The van der Waals surface area contributed by atoms with E-state index in [-0.39, 0.29) is 12.6 Å². The zero-order valence-corrected chi connectivity index (χ0v) is 12.7. The highest BCUT2D eigenvalue weighted by molar-refractivity contribution is 5.85. The average Bonchev–Trinajstić information content (AvgIpc) is 2.82. The Morgan fingerprint density at radius 2 is 2.10 bits per heavy atom. The highest BCUT2D eigenvalue weighted by Crippen LogP contribution is 2.13. The quantitative estimate of drug-likeness (QED) is 0.678. The molecule has 1 aliphatic rings. The normalized spacial score (nSPS) is 16.8. The first-order chi connectivity index (χ1) is 9.88. The molecule has 122 valence electrons. The van der Waals surface area contributed by atoms with Crippen molar-refractivity contribution in [2.24, 2.45) is 5.16 Å². The lowest BCUT2D eigenvalue weighted by Gasteiger charge is -2.22. The molecule has 0 aromatic heterocycles. The minimum absolute atomic E-state index is 0.00464. The van der Waals surface area contributed by atoms with Crippen molar-refractivity contribution in [2.75, 3.05) is 33.4 Å². The van der Waals surface area contributed by atoms with Crippen LogP contribution in [0.2, 0.25) is 0 Å². The molecule has 8 heteroatoms. The number of oxime groups is 1. The number of carbonyl (C=O) groups is 2. The summed E-state index contributed by atoms with van der Waals surface area (Å²) >= 11 is 0. The molecular weight excluding hydrogens is 280 g/mol. The summed E-state index contributed by atoms with van der Waals surface area (Å²) < 4.78 is 4.96. The maximum Gasteiger partial charge on any atom is 0.317 e. The van der Waals surface area contributed by atoms with Gasteiger partial charge in [0, 0.05) is 33.5 Å². The van der Waals surface area contributed by atoms with E-state index in [0.717, 1.165) is 25.5 Å².